The van der Waals surface area contributed by atoms with Gasteiger partial charge in [0.05, 0.1) is 9.39 Å². The number of hydrogen-bond donors (Lipinski definition) is 1. The van der Waals surface area contributed by atoms with Gasteiger partial charge in [-0.05, 0) is 40.9 Å². The fraction of sp³-hybridized carbons (Fsp3) is 0.714. The summed E-state index contributed by atoms with van der Waals surface area (Å²) in [4.78, 5) is 1.35. The van der Waals surface area contributed by atoms with Crippen molar-refractivity contribution in [2.45, 2.75) is 50.2 Å². The molecule has 2 aliphatic rings. The van der Waals surface area contributed by atoms with Crippen molar-refractivity contribution < 1.29 is 4.74 Å². The first-order valence-electron chi connectivity index (χ1n) is 6.91. The summed E-state index contributed by atoms with van der Waals surface area (Å²) in [5.74, 6) is 0. The second-order valence-corrected chi connectivity index (χ2v) is 7.97. The number of morpholine rings is 1. The SMILES string of the molecule is Brc1ccc(C2CNCC3(CCCCCC3)O2)s1. The van der Waals surface area contributed by atoms with Crippen LogP contribution in [-0.2, 0) is 4.74 Å². The van der Waals surface area contributed by atoms with Crippen molar-refractivity contribution in [3.8, 4) is 0 Å². The third kappa shape index (κ3) is 2.82. The van der Waals surface area contributed by atoms with Gasteiger partial charge in [0.1, 0.15) is 6.10 Å². The predicted molar refractivity (Wildman–Crippen MR) is 79.1 cm³/mol. The molecular formula is C14H20BrNOS. The Morgan fingerprint density at radius 2 is 2.00 bits per heavy atom. The summed E-state index contributed by atoms with van der Waals surface area (Å²) in [5, 5.41) is 3.60. The van der Waals surface area contributed by atoms with Crippen LogP contribution in [0.25, 0.3) is 0 Å². The number of ether oxygens (including phenoxy) is 1. The fourth-order valence-electron chi connectivity index (χ4n) is 3.14. The standard InChI is InChI=1S/C14H20BrNOS/c15-13-6-5-12(18-13)11-9-16-10-14(17-11)7-3-1-2-4-8-14/h5-6,11,16H,1-4,7-10H2. The molecular weight excluding hydrogens is 310 g/mol. The highest BCUT2D eigenvalue weighted by Gasteiger charge is 2.38. The zero-order chi connectivity index (χ0) is 12.4. The van der Waals surface area contributed by atoms with Gasteiger partial charge in [0.2, 0.25) is 0 Å². The smallest absolute Gasteiger partial charge is 0.105 e. The Bertz CT molecular complexity index is 398. The Labute approximate surface area is 121 Å². The molecule has 100 valence electrons. The number of nitrogens with one attached hydrogen (secondary N) is 1. The van der Waals surface area contributed by atoms with Crippen LogP contribution in [0.1, 0.15) is 49.5 Å². The Morgan fingerprint density at radius 1 is 1.22 bits per heavy atom. The summed E-state index contributed by atoms with van der Waals surface area (Å²) < 4.78 is 7.72. The van der Waals surface area contributed by atoms with Gasteiger partial charge in [0, 0.05) is 18.0 Å². The summed E-state index contributed by atoms with van der Waals surface area (Å²) in [6.07, 6.45) is 8.09. The van der Waals surface area contributed by atoms with Gasteiger partial charge in [0.25, 0.3) is 0 Å². The molecule has 2 heterocycles. The molecule has 4 heteroatoms. The summed E-state index contributed by atoms with van der Waals surface area (Å²) in [5.41, 5.74) is 0.107. The van der Waals surface area contributed by atoms with Crippen molar-refractivity contribution in [3.05, 3.63) is 20.8 Å². The molecule has 1 aromatic rings. The second kappa shape index (κ2) is 5.61. The lowest BCUT2D eigenvalue weighted by molar-refractivity contribution is -0.124. The fourth-order valence-corrected chi connectivity index (χ4v) is 4.60. The van der Waals surface area contributed by atoms with Crippen molar-refractivity contribution in [2.75, 3.05) is 13.1 Å². The van der Waals surface area contributed by atoms with Gasteiger partial charge in [-0.25, -0.2) is 0 Å². The third-order valence-electron chi connectivity index (χ3n) is 4.10. The van der Waals surface area contributed by atoms with Crippen LogP contribution in [0.3, 0.4) is 0 Å². The van der Waals surface area contributed by atoms with Crippen LogP contribution >= 0.6 is 27.3 Å². The van der Waals surface area contributed by atoms with Crippen molar-refractivity contribution in [1.82, 2.24) is 5.32 Å². The molecule has 1 aromatic heterocycles. The van der Waals surface area contributed by atoms with Crippen LogP contribution in [-0.4, -0.2) is 18.7 Å². The Hall–Kier alpha value is 0.1000. The minimum atomic E-state index is 0.107. The van der Waals surface area contributed by atoms with Crippen LogP contribution in [0, 0.1) is 0 Å². The third-order valence-corrected chi connectivity index (χ3v) is 5.81. The Balaban J connectivity index is 1.74. The monoisotopic (exact) mass is 329 g/mol. The zero-order valence-corrected chi connectivity index (χ0v) is 13.0. The quantitative estimate of drug-likeness (QED) is 0.830. The molecule has 1 saturated heterocycles. The molecule has 2 nitrogen and oxygen atoms in total. The molecule has 0 amide bonds. The van der Waals surface area contributed by atoms with E-state index < -0.39 is 0 Å². The summed E-state index contributed by atoms with van der Waals surface area (Å²) in [6, 6.07) is 4.31. The van der Waals surface area contributed by atoms with E-state index in [1.54, 1.807) is 11.3 Å². The van der Waals surface area contributed by atoms with Crippen molar-refractivity contribution in [1.29, 1.82) is 0 Å². The molecule has 1 saturated carbocycles. The summed E-state index contributed by atoms with van der Waals surface area (Å²) in [7, 11) is 0. The maximum absolute atomic E-state index is 6.52. The maximum atomic E-state index is 6.52. The first-order chi connectivity index (χ1) is 8.77. The molecule has 1 N–H and O–H groups in total. The first-order valence-corrected chi connectivity index (χ1v) is 8.52. The highest BCUT2D eigenvalue weighted by molar-refractivity contribution is 9.11. The lowest BCUT2D eigenvalue weighted by Crippen LogP contribution is -2.50. The number of thiophene rings is 1. The highest BCUT2D eigenvalue weighted by Crippen LogP contribution is 2.39. The molecule has 1 aliphatic heterocycles. The van der Waals surface area contributed by atoms with Gasteiger partial charge < -0.3 is 10.1 Å². The van der Waals surface area contributed by atoms with Crippen LogP contribution in [0.4, 0.5) is 0 Å². The van der Waals surface area contributed by atoms with Crippen LogP contribution in [0.5, 0.6) is 0 Å². The molecule has 1 atom stereocenters. The van der Waals surface area contributed by atoms with Crippen LogP contribution in [0.2, 0.25) is 0 Å². The van der Waals surface area contributed by atoms with E-state index in [4.69, 9.17) is 4.74 Å². The lowest BCUT2D eigenvalue weighted by atomic mass is 9.92. The summed E-state index contributed by atoms with van der Waals surface area (Å²) >= 11 is 5.34. The van der Waals surface area contributed by atoms with Crippen LogP contribution in [0.15, 0.2) is 15.9 Å². The van der Waals surface area contributed by atoms with Gasteiger partial charge in [-0.1, -0.05) is 25.7 Å². The van der Waals surface area contributed by atoms with Gasteiger partial charge in [-0.2, -0.15) is 0 Å². The van der Waals surface area contributed by atoms with Gasteiger partial charge in [-0.3, -0.25) is 0 Å². The van der Waals surface area contributed by atoms with Gasteiger partial charge >= 0.3 is 0 Å². The second-order valence-electron chi connectivity index (χ2n) is 5.48. The van der Waals surface area contributed by atoms with E-state index in [1.807, 2.05) is 0 Å². The Kier molecular flexibility index (Phi) is 4.09. The van der Waals surface area contributed by atoms with Crippen molar-refractivity contribution in [2.24, 2.45) is 0 Å². The molecule has 3 rings (SSSR count). The van der Waals surface area contributed by atoms with E-state index in [1.165, 1.54) is 47.2 Å². The minimum absolute atomic E-state index is 0.107. The molecule has 1 aliphatic carbocycles. The molecule has 18 heavy (non-hydrogen) atoms. The van der Waals surface area contributed by atoms with E-state index in [0.29, 0.717) is 0 Å². The average molecular weight is 330 g/mol. The minimum Gasteiger partial charge on any atom is -0.364 e. The zero-order valence-electron chi connectivity index (χ0n) is 10.6. The predicted octanol–water partition coefficient (Wildman–Crippen LogP) is 4.26. The number of hydrogen-bond acceptors (Lipinski definition) is 3. The van der Waals surface area contributed by atoms with E-state index >= 15 is 0 Å². The van der Waals surface area contributed by atoms with E-state index in [0.717, 1.165) is 13.1 Å². The first kappa shape index (κ1) is 13.1. The van der Waals surface area contributed by atoms with Gasteiger partial charge in [-0.15, -0.1) is 11.3 Å². The topological polar surface area (TPSA) is 21.3 Å². The van der Waals surface area contributed by atoms with Gasteiger partial charge in [0.15, 0.2) is 0 Å². The van der Waals surface area contributed by atoms with E-state index in [9.17, 15) is 0 Å². The van der Waals surface area contributed by atoms with Crippen molar-refractivity contribution >= 4 is 27.3 Å². The van der Waals surface area contributed by atoms with Crippen LogP contribution < -0.4 is 5.32 Å². The average Bonchev–Trinajstić information content (AvgIpc) is 2.69. The molecule has 0 bridgehead atoms. The Morgan fingerprint density at radius 3 is 2.67 bits per heavy atom. The van der Waals surface area contributed by atoms with E-state index in [-0.39, 0.29) is 11.7 Å². The highest BCUT2D eigenvalue weighted by atomic mass is 79.9. The largest absolute Gasteiger partial charge is 0.364 e. The number of rotatable bonds is 1. The maximum Gasteiger partial charge on any atom is 0.105 e. The molecule has 2 fully saturated rings. The molecule has 0 radical (unpaired) electrons. The molecule has 0 aromatic carbocycles. The van der Waals surface area contributed by atoms with Crippen molar-refractivity contribution in [3.63, 3.8) is 0 Å². The number of halogens is 1. The van der Waals surface area contributed by atoms with E-state index in [2.05, 4.69) is 33.4 Å². The normalized spacial score (nSPS) is 28.2. The lowest BCUT2D eigenvalue weighted by Gasteiger charge is -2.41. The molecule has 1 spiro atoms. The summed E-state index contributed by atoms with van der Waals surface area (Å²) in [6.45, 7) is 1.99. The molecule has 1 unspecified atom stereocenters.